The first-order valence-electron chi connectivity index (χ1n) is 29.5. The molecule has 0 aliphatic carbocycles. The predicted molar refractivity (Wildman–Crippen MR) is 295 cm³/mol. The number of unbranched alkanes of at least 4 members (excludes halogenated alkanes) is 32. The minimum absolute atomic E-state index is 0.189. The summed E-state index contributed by atoms with van der Waals surface area (Å²) in [7, 11) is 0. The highest BCUT2D eigenvalue weighted by Crippen LogP contribution is 2.23. The molecule has 408 valence electrons. The monoisotopic (exact) mass is 986 g/mol. The minimum Gasteiger partial charge on any atom is -0.394 e. The molecule has 0 aromatic heterocycles. The molecule has 0 aromatic rings. The van der Waals surface area contributed by atoms with E-state index in [1.54, 1.807) is 6.08 Å². The van der Waals surface area contributed by atoms with Crippen LogP contribution in [0.25, 0.3) is 0 Å². The summed E-state index contributed by atoms with van der Waals surface area (Å²) in [6, 6.07) is -0.828. The number of allylic oxidation sites excluding steroid dienone is 9. The van der Waals surface area contributed by atoms with Gasteiger partial charge in [-0.1, -0.05) is 242 Å². The maximum atomic E-state index is 13.0. The van der Waals surface area contributed by atoms with Gasteiger partial charge in [-0.25, -0.2) is 0 Å². The number of aliphatic hydroxyl groups excluding tert-OH is 5. The normalized spacial score (nSPS) is 19.8. The summed E-state index contributed by atoms with van der Waals surface area (Å²) >= 11 is 0. The van der Waals surface area contributed by atoms with Crippen molar-refractivity contribution < 1.29 is 39.8 Å². The van der Waals surface area contributed by atoms with E-state index in [1.165, 1.54) is 186 Å². The highest BCUT2D eigenvalue weighted by atomic mass is 16.7. The Kier molecular flexibility index (Phi) is 47.5. The van der Waals surface area contributed by atoms with Crippen molar-refractivity contribution in [3.8, 4) is 0 Å². The standard InChI is InChI=1S/C61H111NO8/c1-3-5-7-9-11-13-15-17-19-20-21-22-23-24-25-26-27-28-29-30-31-32-33-34-35-36-37-39-41-43-45-47-49-51-57(65)62-54(53-69-61-60(68)59(67)58(66)56(52-63)70-61)55(64)50-48-46-44-42-40-38-18-16-14-12-10-8-6-4-2/h14-17,20-21,40,42,48,50,54-56,58-61,63-64,66-68H,3-13,18-19,22-39,41,43-47,49,51-53H2,1-2H3,(H,62,65)/b16-14+,17-15-,21-20-,42-40+,50-48+. The number of ether oxygens (including phenoxy) is 2. The second-order valence-corrected chi connectivity index (χ2v) is 20.4. The molecule has 0 bridgehead atoms. The molecule has 1 rings (SSSR count). The molecular weight excluding hydrogens is 875 g/mol. The Labute approximate surface area is 430 Å². The Morgan fingerprint density at radius 3 is 1.30 bits per heavy atom. The van der Waals surface area contributed by atoms with E-state index in [9.17, 15) is 30.3 Å². The van der Waals surface area contributed by atoms with Gasteiger partial charge in [0.15, 0.2) is 6.29 Å². The maximum Gasteiger partial charge on any atom is 0.220 e. The van der Waals surface area contributed by atoms with E-state index >= 15 is 0 Å². The van der Waals surface area contributed by atoms with Crippen molar-refractivity contribution in [1.29, 1.82) is 0 Å². The molecule has 7 atom stereocenters. The lowest BCUT2D eigenvalue weighted by Crippen LogP contribution is -2.60. The minimum atomic E-state index is -1.57. The molecule has 70 heavy (non-hydrogen) atoms. The van der Waals surface area contributed by atoms with Crippen molar-refractivity contribution in [3.05, 3.63) is 60.8 Å². The van der Waals surface area contributed by atoms with Crippen LogP contribution in [0.3, 0.4) is 0 Å². The van der Waals surface area contributed by atoms with Crippen LogP contribution in [0.2, 0.25) is 0 Å². The first-order chi connectivity index (χ1) is 34.3. The third-order valence-electron chi connectivity index (χ3n) is 13.8. The fraction of sp³-hybridized carbons (Fsp3) is 0.820. The molecule has 1 saturated heterocycles. The summed E-state index contributed by atoms with van der Waals surface area (Å²) in [5, 5.41) is 54.4. The van der Waals surface area contributed by atoms with E-state index in [4.69, 9.17) is 9.47 Å². The number of carbonyl (C=O) groups is 1. The lowest BCUT2D eigenvalue weighted by atomic mass is 9.99. The Morgan fingerprint density at radius 2 is 0.857 bits per heavy atom. The largest absolute Gasteiger partial charge is 0.394 e. The highest BCUT2D eigenvalue weighted by molar-refractivity contribution is 5.76. The molecule has 1 heterocycles. The molecule has 9 heteroatoms. The average Bonchev–Trinajstić information content (AvgIpc) is 3.36. The summed E-state index contributed by atoms with van der Waals surface area (Å²) in [4.78, 5) is 13.0. The number of hydrogen-bond donors (Lipinski definition) is 6. The summed E-state index contributed by atoms with van der Waals surface area (Å²) in [6.07, 6.45) is 61.6. The van der Waals surface area contributed by atoms with Crippen molar-refractivity contribution >= 4 is 5.91 Å². The average molecular weight is 987 g/mol. The Balaban J connectivity index is 2.13. The van der Waals surface area contributed by atoms with Gasteiger partial charge in [0, 0.05) is 6.42 Å². The van der Waals surface area contributed by atoms with Crippen molar-refractivity contribution in [2.45, 2.75) is 307 Å². The van der Waals surface area contributed by atoms with Crippen LogP contribution >= 0.6 is 0 Å². The predicted octanol–water partition coefficient (Wildman–Crippen LogP) is 14.7. The SMILES string of the molecule is CCCCCC/C=C/CC/C=C/CC/C=C/C(O)C(COC1OC(CO)C(O)C(O)C1O)NC(=O)CCCCCCCCCCCCCCCCCCCCCCC/C=C\C/C=C\CCCCCCC. The molecule has 6 N–H and O–H groups in total. The van der Waals surface area contributed by atoms with E-state index in [0.717, 1.165) is 57.8 Å². The van der Waals surface area contributed by atoms with Crippen LogP contribution < -0.4 is 5.32 Å². The van der Waals surface area contributed by atoms with E-state index in [0.29, 0.717) is 6.42 Å². The molecule has 0 spiro atoms. The molecule has 0 radical (unpaired) electrons. The number of rotatable bonds is 50. The molecule has 0 aromatic carbocycles. The van der Waals surface area contributed by atoms with Crippen molar-refractivity contribution in [2.24, 2.45) is 0 Å². The third kappa shape index (κ3) is 39.4. The smallest absolute Gasteiger partial charge is 0.220 e. The number of nitrogens with one attached hydrogen (secondary N) is 1. The lowest BCUT2D eigenvalue weighted by molar-refractivity contribution is -0.302. The van der Waals surface area contributed by atoms with Gasteiger partial charge in [0.25, 0.3) is 0 Å². The Hall–Kier alpha value is -2.11. The third-order valence-corrected chi connectivity index (χ3v) is 13.8. The fourth-order valence-electron chi connectivity index (χ4n) is 9.10. The number of aliphatic hydroxyl groups is 5. The summed E-state index contributed by atoms with van der Waals surface area (Å²) < 4.78 is 11.2. The molecule has 1 amide bonds. The summed E-state index contributed by atoms with van der Waals surface area (Å²) in [6.45, 7) is 3.73. The number of hydrogen-bond acceptors (Lipinski definition) is 8. The van der Waals surface area contributed by atoms with Crippen molar-refractivity contribution in [2.75, 3.05) is 13.2 Å². The maximum absolute atomic E-state index is 13.0. The molecule has 1 aliphatic rings. The first-order valence-corrected chi connectivity index (χ1v) is 29.5. The van der Waals surface area contributed by atoms with Crippen LogP contribution in [-0.4, -0.2) is 87.5 Å². The highest BCUT2D eigenvalue weighted by Gasteiger charge is 2.44. The zero-order chi connectivity index (χ0) is 50.8. The quantitative estimate of drug-likeness (QED) is 0.0261. The van der Waals surface area contributed by atoms with Crippen LogP contribution in [0.15, 0.2) is 60.8 Å². The zero-order valence-electron chi connectivity index (χ0n) is 45.3. The van der Waals surface area contributed by atoms with E-state index in [2.05, 4.69) is 67.8 Å². The topological polar surface area (TPSA) is 149 Å². The van der Waals surface area contributed by atoms with Gasteiger partial charge in [-0.15, -0.1) is 0 Å². The van der Waals surface area contributed by atoms with Crippen LogP contribution in [0.4, 0.5) is 0 Å². The lowest BCUT2D eigenvalue weighted by Gasteiger charge is -2.40. The molecule has 9 nitrogen and oxygen atoms in total. The Bertz CT molecular complexity index is 1280. The van der Waals surface area contributed by atoms with E-state index in [-0.39, 0.29) is 12.5 Å². The molecule has 0 saturated carbocycles. The van der Waals surface area contributed by atoms with Gasteiger partial charge in [-0.2, -0.15) is 0 Å². The molecule has 1 aliphatic heterocycles. The van der Waals surface area contributed by atoms with Gasteiger partial charge in [0.1, 0.15) is 24.4 Å². The number of carbonyl (C=O) groups excluding carboxylic acids is 1. The zero-order valence-corrected chi connectivity index (χ0v) is 45.3. The van der Waals surface area contributed by atoms with Gasteiger partial charge in [-0.05, 0) is 77.0 Å². The van der Waals surface area contributed by atoms with Crippen molar-refractivity contribution in [3.63, 3.8) is 0 Å². The van der Waals surface area contributed by atoms with Gasteiger partial charge in [0.05, 0.1) is 25.4 Å². The first kappa shape index (κ1) is 65.9. The summed E-state index contributed by atoms with van der Waals surface area (Å²) in [5.74, 6) is -0.189. The molecule has 1 fully saturated rings. The summed E-state index contributed by atoms with van der Waals surface area (Å²) in [5.41, 5.74) is 0. The molecular formula is C61H111NO8. The molecule has 7 unspecified atom stereocenters. The van der Waals surface area contributed by atoms with Crippen molar-refractivity contribution in [1.82, 2.24) is 5.32 Å². The second kappa shape index (κ2) is 50.4. The van der Waals surface area contributed by atoms with E-state index < -0.39 is 49.5 Å². The van der Waals surface area contributed by atoms with Gasteiger partial charge in [-0.3, -0.25) is 4.79 Å². The fourth-order valence-corrected chi connectivity index (χ4v) is 9.10. The van der Waals surface area contributed by atoms with Crippen LogP contribution in [0, 0.1) is 0 Å². The van der Waals surface area contributed by atoms with E-state index in [1.807, 2.05) is 6.08 Å². The van der Waals surface area contributed by atoms with Crippen LogP contribution in [0.1, 0.15) is 264 Å². The van der Waals surface area contributed by atoms with Crippen LogP contribution in [0.5, 0.6) is 0 Å². The van der Waals surface area contributed by atoms with Gasteiger partial charge in [0.2, 0.25) is 5.91 Å². The van der Waals surface area contributed by atoms with Gasteiger partial charge >= 0.3 is 0 Å². The number of amides is 1. The van der Waals surface area contributed by atoms with Gasteiger partial charge < -0.3 is 40.3 Å². The van der Waals surface area contributed by atoms with Crippen LogP contribution in [-0.2, 0) is 14.3 Å². The Morgan fingerprint density at radius 1 is 0.486 bits per heavy atom. The second-order valence-electron chi connectivity index (χ2n) is 20.4.